The Kier molecular flexibility index (Phi) is 7.36. The zero-order valence-electron chi connectivity index (χ0n) is 21.6. The Bertz CT molecular complexity index is 1420. The number of carbonyl (C=O) groups excluding carboxylic acids is 1. The van der Waals surface area contributed by atoms with Gasteiger partial charge in [0.05, 0.1) is 17.6 Å². The van der Waals surface area contributed by atoms with Crippen molar-refractivity contribution in [1.82, 2.24) is 14.6 Å². The molecule has 0 unspecified atom stereocenters. The van der Waals surface area contributed by atoms with Crippen molar-refractivity contribution in [1.29, 1.82) is 0 Å². The van der Waals surface area contributed by atoms with E-state index in [2.05, 4.69) is 46.9 Å². The molecule has 0 radical (unpaired) electrons. The second-order valence-electron chi connectivity index (χ2n) is 10.2. The van der Waals surface area contributed by atoms with Crippen LogP contribution in [0.3, 0.4) is 0 Å². The normalized spacial score (nSPS) is 18.6. The van der Waals surface area contributed by atoms with Crippen LogP contribution in [0.2, 0.25) is 0 Å². The van der Waals surface area contributed by atoms with Crippen LogP contribution in [0.15, 0.2) is 84.4 Å². The molecule has 1 saturated carbocycles. The molecule has 0 N–H and O–H groups in total. The van der Waals surface area contributed by atoms with Gasteiger partial charge in [0.1, 0.15) is 30.2 Å². The highest BCUT2D eigenvalue weighted by Gasteiger charge is 2.32. The second kappa shape index (κ2) is 11.4. The van der Waals surface area contributed by atoms with E-state index in [0.717, 1.165) is 28.2 Å². The lowest BCUT2D eigenvalue weighted by Gasteiger charge is -2.25. The molecule has 1 aromatic heterocycles. The lowest BCUT2D eigenvalue weighted by molar-refractivity contribution is -0.179. The molecule has 1 atom stereocenters. The van der Waals surface area contributed by atoms with Crippen LogP contribution in [0.1, 0.15) is 50.1 Å². The Morgan fingerprint density at radius 1 is 0.895 bits per heavy atom. The summed E-state index contributed by atoms with van der Waals surface area (Å²) in [7, 11) is 0. The molecule has 6 rings (SSSR count). The van der Waals surface area contributed by atoms with E-state index in [1.54, 1.807) is 0 Å². The van der Waals surface area contributed by atoms with Crippen molar-refractivity contribution in [3.8, 4) is 17.1 Å². The Morgan fingerprint density at radius 3 is 2.45 bits per heavy atom. The summed E-state index contributed by atoms with van der Waals surface area (Å²) in [4.78, 5) is 22.6. The summed E-state index contributed by atoms with van der Waals surface area (Å²) in [5.74, 6) is 3.89. The molecule has 1 aliphatic carbocycles. The Hall–Kier alpha value is -3.70. The van der Waals surface area contributed by atoms with Gasteiger partial charge in [-0.3, -0.25) is 4.84 Å². The fourth-order valence-corrected chi connectivity index (χ4v) is 5.75. The predicted octanol–water partition coefficient (Wildman–Crippen LogP) is 6.55. The maximum Gasteiger partial charge on any atom is 0.141 e. The SMILES string of the molecule is O=C=C1CCN(OCc2ccccc2)[C@@H]1COc1ccc(-c2nc3ccccc3n2C2CCCCC2)cc1. The number of hydroxylamine groups is 2. The average Bonchev–Trinajstić information content (AvgIpc) is 3.57. The molecule has 6 heteroatoms. The maximum absolute atomic E-state index is 11.6. The number of benzene rings is 3. The first kappa shape index (κ1) is 24.6. The van der Waals surface area contributed by atoms with Gasteiger partial charge in [0.25, 0.3) is 0 Å². The summed E-state index contributed by atoms with van der Waals surface area (Å²) >= 11 is 0. The van der Waals surface area contributed by atoms with E-state index < -0.39 is 0 Å². The number of hydrogen-bond acceptors (Lipinski definition) is 5. The van der Waals surface area contributed by atoms with Crippen molar-refractivity contribution in [2.45, 2.75) is 57.2 Å². The highest BCUT2D eigenvalue weighted by molar-refractivity contribution is 5.81. The molecule has 194 valence electrons. The molecule has 2 fully saturated rings. The van der Waals surface area contributed by atoms with E-state index in [0.29, 0.717) is 37.8 Å². The van der Waals surface area contributed by atoms with Crippen molar-refractivity contribution in [3.05, 3.63) is 90.0 Å². The molecule has 6 nitrogen and oxygen atoms in total. The molecule has 4 aromatic rings. The Morgan fingerprint density at radius 2 is 1.66 bits per heavy atom. The highest BCUT2D eigenvalue weighted by atomic mass is 16.7. The number of aromatic nitrogens is 2. The topological polar surface area (TPSA) is 56.6 Å². The van der Waals surface area contributed by atoms with Crippen molar-refractivity contribution in [2.24, 2.45) is 0 Å². The van der Waals surface area contributed by atoms with Gasteiger partial charge in [-0.2, -0.15) is 5.06 Å². The second-order valence-corrected chi connectivity index (χ2v) is 10.2. The molecule has 1 aliphatic heterocycles. The van der Waals surface area contributed by atoms with Crippen LogP contribution in [0.4, 0.5) is 0 Å². The van der Waals surface area contributed by atoms with Crippen LogP contribution < -0.4 is 4.74 Å². The first-order valence-electron chi connectivity index (χ1n) is 13.7. The third-order valence-electron chi connectivity index (χ3n) is 7.78. The van der Waals surface area contributed by atoms with Gasteiger partial charge < -0.3 is 9.30 Å². The van der Waals surface area contributed by atoms with Crippen molar-refractivity contribution >= 4 is 17.0 Å². The summed E-state index contributed by atoms with van der Waals surface area (Å²) in [6.45, 7) is 1.45. The lowest BCUT2D eigenvalue weighted by atomic mass is 9.95. The molecule has 3 aromatic carbocycles. The third-order valence-corrected chi connectivity index (χ3v) is 7.78. The van der Waals surface area contributed by atoms with Crippen LogP contribution >= 0.6 is 0 Å². The Balaban J connectivity index is 1.17. The molecule has 0 amide bonds. The van der Waals surface area contributed by atoms with Gasteiger partial charge in [0, 0.05) is 23.7 Å². The molecule has 0 bridgehead atoms. The zero-order valence-corrected chi connectivity index (χ0v) is 21.6. The minimum atomic E-state index is -0.244. The number of imidazole rings is 1. The fourth-order valence-electron chi connectivity index (χ4n) is 5.75. The molecule has 1 saturated heterocycles. The lowest BCUT2D eigenvalue weighted by Crippen LogP contribution is -2.35. The molecule has 0 spiro atoms. The molecular weight excluding hydrogens is 474 g/mol. The smallest absolute Gasteiger partial charge is 0.141 e. The van der Waals surface area contributed by atoms with Gasteiger partial charge in [0.15, 0.2) is 0 Å². The van der Waals surface area contributed by atoms with Gasteiger partial charge in [-0.1, -0.05) is 61.7 Å². The number of hydrogen-bond donors (Lipinski definition) is 0. The summed E-state index contributed by atoms with van der Waals surface area (Å²) in [5, 5.41) is 1.86. The maximum atomic E-state index is 11.6. The van der Waals surface area contributed by atoms with Crippen molar-refractivity contribution in [2.75, 3.05) is 13.2 Å². The van der Waals surface area contributed by atoms with Gasteiger partial charge in [-0.05, 0) is 61.2 Å². The van der Waals surface area contributed by atoms with E-state index >= 15 is 0 Å². The van der Waals surface area contributed by atoms with Gasteiger partial charge in [-0.15, -0.1) is 0 Å². The average molecular weight is 508 g/mol. The quantitative estimate of drug-likeness (QED) is 0.253. The molecule has 38 heavy (non-hydrogen) atoms. The standard InChI is InChI=1S/C32H33N3O3/c36-21-26-19-20-34(38-22-24-9-3-1-4-10-24)31(26)23-37-28-17-15-25(16-18-28)32-33-29-13-7-8-14-30(29)35(32)27-11-5-2-6-12-27/h1,3-4,7-10,13-18,27,31H,2,5-6,11-12,19-20,22-23H2/t31-/m1/s1. The predicted molar refractivity (Wildman–Crippen MR) is 148 cm³/mol. The van der Waals surface area contributed by atoms with Gasteiger partial charge >= 0.3 is 0 Å². The van der Waals surface area contributed by atoms with Gasteiger partial charge in [-0.25, -0.2) is 9.78 Å². The third kappa shape index (κ3) is 5.16. The molecular formula is C32H33N3O3. The highest BCUT2D eigenvalue weighted by Crippen LogP contribution is 2.36. The first-order valence-corrected chi connectivity index (χ1v) is 13.7. The summed E-state index contributed by atoms with van der Waals surface area (Å²) in [6, 6.07) is 26.9. The van der Waals surface area contributed by atoms with Crippen molar-refractivity contribution in [3.63, 3.8) is 0 Å². The van der Waals surface area contributed by atoms with Crippen LogP contribution in [-0.4, -0.2) is 39.7 Å². The fraction of sp³-hybridized carbons (Fsp3) is 0.344. The number of ether oxygens (including phenoxy) is 1. The number of para-hydroxylation sites is 2. The Labute approximate surface area is 223 Å². The summed E-state index contributed by atoms with van der Waals surface area (Å²) in [6.07, 6.45) is 6.91. The minimum Gasteiger partial charge on any atom is -0.491 e. The number of fused-ring (bicyclic) bond motifs is 1. The van der Waals surface area contributed by atoms with E-state index in [-0.39, 0.29) is 6.04 Å². The van der Waals surface area contributed by atoms with E-state index in [9.17, 15) is 4.79 Å². The zero-order chi connectivity index (χ0) is 25.7. The van der Waals surface area contributed by atoms with Gasteiger partial charge in [0.2, 0.25) is 0 Å². The number of nitrogens with zero attached hydrogens (tertiary/aromatic N) is 3. The van der Waals surface area contributed by atoms with E-state index in [1.165, 1.54) is 37.6 Å². The van der Waals surface area contributed by atoms with E-state index in [1.807, 2.05) is 47.5 Å². The van der Waals surface area contributed by atoms with Crippen LogP contribution in [-0.2, 0) is 16.2 Å². The monoisotopic (exact) mass is 507 g/mol. The summed E-state index contributed by atoms with van der Waals surface area (Å²) in [5.41, 5.74) is 5.11. The largest absolute Gasteiger partial charge is 0.491 e. The van der Waals surface area contributed by atoms with Crippen LogP contribution in [0, 0.1) is 0 Å². The minimum absolute atomic E-state index is 0.244. The summed E-state index contributed by atoms with van der Waals surface area (Å²) < 4.78 is 8.60. The van der Waals surface area contributed by atoms with Crippen LogP contribution in [0.5, 0.6) is 5.75 Å². The van der Waals surface area contributed by atoms with Crippen molar-refractivity contribution < 1.29 is 14.4 Å². The molecule has 2 heterocycles. The molecule has 2 aliphatic rings. The van der Waals surface area contributed by atoms with E-state index in [4.69, 9.17) is 14.6 Å². The number of rotatable bonds is 8. The first-order chi connectivity index (χ1) is 18.8. The van der Waals surface area contributed by atoms with Crippen LogP contribution in [0.25, 0.3) is 22.4 Å².